The van der Waals surface area contributed by atoms with E-state index in [9.17, 15) is 9.59 Å². The number of hydrogen-bond donors (Lipinski definition) is 1. The monoisotopic (exact) mass is 304 g/mol. The molecule has 0 saturated carbocycles. The molecule has 0 bridgehead atoms. The Morgan fingerprint density at radius 1 is 1.38 bits per heavy atom. The van der Waals surface area contributed by atoms with E-state index in [-0.39, 0.29) is 6.61 Å². The Labute approximate surface area is 128 Å². The highest BCUT2D eigenvalue weighted by molar-refractivity contribution is 8.03. The van der Waals surface area contributed by atoms with E-state index in [0.29, 0.717) is 5.69 Å². The van der Waals surface area contributed by atoms with Gasteiger partial charge < -0.3 is 10.1 Å². The zero-order valence-corrected chi connectivity index (χ0v) is 12.9. The molecule has 1 N–H and O–H groups in total. The summed E-state index contributed by atoms with van der Waals surface area (Å²) in [5, 5.41) is 13.4. The summed E-state index contributed by atoms with van der Waals surface area (Å²) in [7, 11) is 0. The lowest BCUT2D eigenvalue weighted by atomic mass is 10.1. The molecule has 5 nitrogen and oxygen atoms in total. The van der Waals surface area contributed by atoms with E-state index >= 15 is 0 Å². The van der Waals surface area contributed by atoms with Crippen LogP contribution < -0.4 is 5.32 Å². The molecule has 1 rings (SSSR count). The molecule has 110 valence electrons. The van der Waals surface area contributed by atoms with Crippen LogP contribution >= 0.6 is 11.8 Å². The minimum atomic E-state index is -0.554. The van der Waals surface area contributed by atoms with Crippen molar-refractivity contribution in [3.05, 3.63) is 35.4 Å². The second-order valence-electron chi connectivity index (χ2n) is 4.28. The van der Waals surface area contributed by atoms with Gasteiger partial charge in [0, 0.05) is 16.7 Å². The number of thioether (sulfide) groups is 1. The summed E-state index contributed by atoms with van der Waals surface area (Å²) in [4.78, 5) is 23.7. The first-order valence-corrected chi connectivity index (χ1v) is 7.06. The van der Waals surface area contributed by atoms with Crippen LogP contribution in [0.2, 0.25) is 0 Å². The zero-order chi connectivity index (χ0) is 15.8. The van der Waals surface area contributed by atoms with Gasteiger partial charge in [-0.1, -0.05) is 6.08 Å². The predicted octanol–water partition coefficient (Wildman–Crippen LogP) is 2.93. The van der Waals surface area contributed by atoms with E-state index in [1.165, 1.54) is 6.08 Å². The molecule has 6 heteroatoms. The number of nitrogens with zero attached hydrogens (tertiary/aromatic N) is 1. The maximum Gasteiger partial charge on any atom is 0.330 e. The van der Waals surface area contributed by atoms with Crippen molar-refractivity contribution in [1.29, 1.82) is 5.26 Å². The lowest BCUT2D eigenvalue weighted by Crippen LogP contribution is -2.21. The molecule has 1 amide bonds. The molecule has 0 saturated heterocycles. The Hall–Kier alpha value is -2.26. The minimum absolute atomic E-state index is 0.337. The number of carbonyl (C=O) groups excluding carboxylic acids is 2. The van der Waals surface area contributed by atoms with Crippen molar-refractivity contribution in [3.8, 4) is 5.40 Å². The second-order valence-corrected chi connectivity index (χ2v) is 5.14. The van der Waals surface area contributed by atoms with Gasteiger partial charge in [-0.05, 0) is 55.8 Å². The van der Waals surface area contributed by atoms with Gasteiger partial charge in [-0.15, -0.1) is 0 Å². The highest BCUT2D eigenvalue weighted by atomic mass is 32.2. The van der Waals surface area contributed by atoms with Crippen molar-refractivity contribution >= 4 is 29.3 Å². The largest absolute Gasteiger partial charge is 0.452 e. The van der Waals surface area contributed by atoms with E-state index in [1.807, 2.05) is 31.4 Å². The lowest BCUT2D eigenvalue weighted by Gasteiger charge is -2.12. The summed E-state index contributed by atoms with van der Waals surface area (Å²) < 4.78 is 4.77. The van der Waals surface area contributed by atoms with Gasteiger partial charge in [0.25, 0.3) is 5.91 Å². The van der Waals surface area contributed by atoms with Crippen LogP contribution in [0.15, 0.2) is 29.2 Å². The van der Waals surface area contributed by atoms with Crippen LogP contribution in [0, 0.1) is 24.5 Å². The number of allylic oxidation sites excluding steroid dienone is 1. The highest BCUT2D eigenvalue weighted by Gasteiger charge is 2.10. The molecule has 0 heterocycles. The Bertz CT molecular complexity index is 595. The fraction of sp³-hybridized carbons (Fsp3) is 0.267. The Morgan fingerprint density at radius 3 is 2.52 bits per heavy atom. The van der Waals surface area contributed by atoms with Crippen molar-refractivity contribution in [2.75, 3.05) is 11.9 Å². The SMILES string of the molecule is C/C=C/C(=O)OCC(=O)Nc1c(C)cc(SC#N)cc1C. The summed E-state index contributed by atoms with van der Waals surface area (Å²) in [6.07, 6.45) is 2.79. The second kappa shape index (κ2) is 8.12. The fourth-order valence-corrected chi connectivity index (χ4v) is 2.31. The number of ether oxygens (including phenoxy) is 1. The van der Waals surface area contributed by atoms with Crippen LogP contribution in [-0.2, 0) is 14.3 Å². The molecule has 0 spiro atoms. The summed E-state index contributed by atoms with van der Waals surface area (Å²) >= 11 is 1.07. The molecular weight excluding hydrogens is 288 g/mol. The fourth-order valence-electron chi connectivity index (χ4n) is 1.73. The molecule has 0 aliphatic heterocycles. The zero-order valence-electron chi connectivity index (χ0n) is 12.1. The van der Waals surface area contributed by atoms with Gasteiger partial charge in [0.05, 0.1) is 0 Å². The van der Waals surface area contributed by atoms with Crippen LogP contribution in [0.25, 0.3) is 0 Å². The number of thiocyanates is 1. The van der Waals surface area contributed by atoms with Gasteiger partial charge in [0.2, 0.25) is 0 Å². The number of aryl methyl sites for hydroxylation is 2. The Kier molecular flexibility index (Phi) is 6.50. The molecule has 0 aliphatic carbocycles. The lowest BCUT2D eigenvalue weighted by molar-refractivity contribution is -0.142. The van der Waals surface area contributed by atoms with Crippen molar-refractivity contribution in [1.82, 2.24) is 0 Å². The van der Waals surface area contributed by atoms with Crippen molar-refractivity contribution in [2.45, 2.75) is 25.7 Å². The topological polar surface area (TPSA) is 79.2 Å². The Morgan fingerprint density at radius 2 is 2.00 bits per heavy atom. The predicted molar refractivity (Wildman–Crippen MR) is 81.8 cm³/mol. The first kappa shape index (κ1) is 16.8. The molecule has 0 unspecified atom stereocenters. The van der Waals surface area contributed by atoms with E-state index in [0.717, 1.165) is 27.8 Å². The van der Waals surface area contributed by atoms with Gasteiger partial charge in [-0.2, -0.15) is 5.26 Å². The third-order valence-corrected chi connectivity index (χ3v) is 3.15. The van der Waals surface area contributed by atoms with E-state index in [1.54, 1.807) is 13.0 Å². The Balaban J connectivity index is 2.73. The van der Waals surface area contributed by atoms with E-state index in [2.05, 4.69) is 5.32 Å². The molecule has 0 radical (unpaired) electrons. The van der Waals surface area contributed by atoms with Crippen molar-refractivity contribution < 1.29 is 14.3 Å². The quantitative estimate of drug-likeness (QED) is 0.391. The summed E-state index contributed by atoms with van der Waals surface area (Å²) in [5.41, 5.74) is 2.37. The summed E-state index contributed by atoms with van der Waals surface area (Å²) in [6.45, 7) is 5.04. The number of amides is 1. The highest BCUT2D eigenvalue weighted by Crippen LogP contribution is 2.27. The molecule has 0 fully saturated rings. The average molecular weight is 304 g/mol. The van der Waals surface area contributed by atoms with Gasteiger partial charge in [0.1, 0.15) is 5.40 Å². The molecule has 0 aromatic heterocycles. The van der Waals surface area contributed by atoms with Gasteiger partial charge >= 0.3 is 5.97 Å². The summed E-state index contributed by atoms with van der Waals surface area (Å²) in [5.74, 6) is -0.957. The first-order chi connectivity index (χ1) is 9.97. The number of hydrogen-bond acceptors (Lipinski definition) is 5. The molecule has 1 aromatic rings. The van der Waals surface area contributed by atoms with Crippen LogP contribution in [0.3, 0.4) is 0 Å². The number of nitriles is 1. The first-order valence-electron chi connectivity index (χ1n) is 6.24. The maximum atomic E-state index is 11.8. The maximum absolute atomic E-state index is 11.8. The molecule has 1 aromatic carbocycles. The minimum Gasteiger partial charge on any atom is -0.452 e. The number of nitrogens with one attached hydrogen (secondary N) is 1. The third-order valence-electron chi connectivity index (χ3n) is 2.58. The number of benzene rings is 1. The molecule has 0 atom stereocenters. The number of carbonyl (C=O) groups is 2. The van der Waals surface area contributed by atoms with Crippen LogP contribution in [0.4, 0.5) is 5.69 Å². The van der Waals surface area contributed by atoms with Crippen LogP contribution in [-0.4, -0.2) is 18.5 Å². The average Bonchev–Trinajstić information content (AvgIpc) is 2.41. The van der Waals surface area contributed by atoms with Crippen LogP contribution in [0.1, 0.15) is 18.1 Å². The molecule has 0 aliphatic rings. The van der Waals surface area contributed by atoms with Crippen LogP contribution in [0.5, 0.6) is 0 Å². The number of anilines is 1. The molecular formula is C15H16N2O3S. The van der Waals surface area contributed by atoms with E-state index < -0.39 is 11.9 Å². The van der Waals surface area contributed by atoms with E-state index in [4.69, 9.17) is 10.00 Å². The normalized spacial score (nSPS) is 10.2. The third kappa shape index (κ3) is 5.32. The number of esters is 1. The van der Waals surface area contributed by atoms with Crippen molar-refractivity contribution in [2.24, 2.45) is 0 Å². The smallest absolute Gasteiger partial charge is 0.330 e. The van der Waals surface area contributed by atoms with Gasteiger partial charge in [0.15, 0.2) is 6.61 Å². The standard InChI is InChI=1S/C15H16N2O3S/c1-4-5-14(19)20-8-13(18)17-15-10(2)6-12(21-9-16)7-11(15)3/h4-7H,8H2,1-3H3,(H,17,18)/b5-4+. The van der Waals surface area contributed by atoms with Gasteiger partial charge in [-0.3, -0.25) is 4.79 Å². The molecule has 21 heavy (non-hydrogen) atoms. The van der Waals surface area contributed by atoms with Crippen molar-refractivity contribution in [3.63, 3.8) is 0 Å². The number of rotatable bonds is 5. The summed E-state index contributed by atoms with van der Waals surface area (Å²) in [6, 6.07) is 3.64. The van der Waals surface area contributed by atoms with Gasteiger partial charge in [-0.25, -0.2) is 4.79 Å².